The molecule has 0 amide bonds. The molecule has 0 aliphatic rings. The molecule has 9 heavy (non-hydrogen) atoms. The van der Waals surface area contributed by atoms with Crippen LogP contribution in [0.5, 0.6) is 0 Å². The van der Waals surface area contributed by atoms with Gasteiger partial charge in [-0.15, -0.1) is 11.8 Å². The molecule has 0 aromatic rings. The van der Waals surface area contributed by atoms with Gasteiger partial charge in [-0.3, -0.25) is 0 Å². The van der Waals surface area contributed by atoms with Crippen LogP contribution in [0.4, 0.5) is 0 Å². The Hall–Kier alpha value is 0.220. The van der Waals surface area contributed by atoms with E-state index in [1.807, 2.05) is 11.8 Å². The smallest absolute Gasteiger partial charge is 0.130 e. The van der Waals surface area contributed by atoms with Gasteiger partial charge in [-0.1, -0.05) is 12.8 Å². The van der Waals surface area contributed by atoms with Crippen LogP contribution in [0.1, 0.15) is 25.7 Å². The molecule has 0 saturated heterocycles. The minimum Gasteiger partial charge on any atom is -0.343 e. The summed E-state index contributed by atoms with van der Waals surface area (Å²) in [6.07, 6.45) is 5.07. The molecule has 0 N–H and O–H groups in total. The summed E-state index contributed by atoms with van der Waals surface area (Å²) in [6.45, 7) is 7.54. The molecular formula is C8H16S. The number of rotatable bonds is 6. The van der Waals surface area contributed by atoms with E-state index in [0.717, 1.165) is 12.2 Å². The molecule has 0 fully saturated rings. The molecule has 0 atom stereocenters. The third kappa shape index (κ3) is 8.22. The second kappa shape index (κ2) is 8.22. The fourth-order valence-electron chi connectivity index (χ4n) is 0.660. The number of unbranched alkanes of at least 4 members (excludes halogenated alkanes) is 3. The van der Waals surface area contributed by atoms with E-state index in [4.69, 9.17) is 0 Å². The molecule has 0 spiro atoms. The molecule has 0 aromatic heterocycles. The average molecular weight is 144 g/mol. The monoisotopic (exact) mass is 144 g/mol. The Morgan fingerprint density at radius 3 is 2.56 bits per heavy atom. The van der Waals surface area contributed by atoms with Crippen LogP contribution < -0.4 is 0 Å². The second-order valence-corrected chi connectivity index (χ2v) is 3.25. The number of hydrogen-bond donors (Lipinski definition) is 0. The van der Waals surface area contributed by atoms with Gasteiger partial charge in [0.15, 0.2) is 0 Å². The molecule has 0 aliphatic carbocycles. The third-order valence-corrected chi connectivity index (χ3v) is 2.05. The Bertz CT molecular complexity index is 37.8. The Kier molecular flexibility index (Phi) is 8.42. The normalized spacial score (nSPS) is 9.89. The molecule has 0 aliphatic heterocycles. The van der Waals surface area contributed by atoms with Gasteiger partial charge in [-0.05, 0) is 12.2 Å². The van der Waals surface area contributed by atoms with Gasteiger partial charge < -0.3 is 6.92 Å². The van der Waals surface area contributed by atoms with Crippen molar-refractivity contribution < 1.29 is 0 Å². The third-order valence-electron chi connectivity index (χ3n) is 1.18. The van der Waals surface area contributed by atoms with Crippen molar-refractivity contribution in [1.82, 2.24) is 0 Å². The van der Waals surface area contributed by atoms with Crippen LogP contribution in [-0.4, -0.2) is 11.5 Å². The van der Waals surface area contributed by atoms with E-state index in [1.54, 1.807) is 0 Å². The standard InChI is InChI=1S/C8H16S/c1-3-5-6-7-8-9-4-2/h1-8H2. The van der Waals surface area contributed by atoms with Gasteiger partial charge in [0.1, 0.15) is 5.75 Å². The lowest BCUT2D eigenvalue weighted by Gasteiger charge is -1.97. The molecule has 0 nitrogen and oxygen atoms in total. The van der Waals surface area contributed by atoms with Crippen LogP contribution in [0.15, 0.2) is 0 Å². The lowest BCUT2D eigenvalue weighted by molar-refractivity contribution is 0.733. The lowest BCUT2D eigenvalue weighted by atomic mass is 10.2. The highest BCUT2D eigenvalue weighted by atomic mass is 32.2. The summed E-state index contributed by atoms with van der Waals surface area (Å²) < 4.78 is 0. The van der Waals surface area contributed by atoms with Crippen molar-refractivity contribution in [3.63, 3.8) is 0 Å². The molecule has 0 unspecified atom stereocenters. The van der Waals surface area contributed by atoms with Crippen LogP contribution in [0.25, 0.3) is 0 Å². The van der Waals surface area contributed by atoms with E-state index < -0.39 is 0 Å². The zero-order chi connectivity index (χ0) is 6.95. The van der Waals surface area contributed by atoms with E-state index in [9.17, 15) is 0 Å². The summed E-state index contributed by atoms with van der Waals surface area (Å²) in [7, 11) is 0. The molecule has 0 saturated carbocycles. The summed E-state index contributed by atoms with van der Waals surface area (Å²) in [5, 5.41) is 0. The van der Waals surface area contributed by atoms with Crippen molar-refractivity contribution in [3.8, 4) is 0 Å². The fraction of sp³-hybridized carbons (Fsp3) is 0.750. The first-order valence-corrected chi connectivity index (χ1v) is 4.73. The Morgan fingerprint density at radius 2 is 2.00 bits per heavy atom. The van der Waals surface area contributed by atoms with Crippen molar-refractivity contribution in [2.75, 3.05) is 11.5 Å². The van der Waals surface area contributed by atoms with Gasteiger partial charge in [0.05, 0.1) is 6.92 Å². The number of thioether (sulfide) groups is 1. The first kappa shape index (κ1) is 9.22. The van der Waals surface area contributed by atoms with Crippen molar-refractivity contribution in [3.05, 3.63) is 13.8 Å². The lowest BCUT2D eigenvalue weighted by Crippen LogP contribution is -1.80. The minimum absolute atomic E-state index is 1.02. The molecule has 0 rings (SSSR count). The van der Waals surface area contributed by atoms with Crippen molar-refractivity contribution >= 4 is 11.8 Å². The fourth-order valence-corrected chi connectivity index (χ4v) is 1.27. The molecule has 0 aromatic carbocycles. The first-order valence-electron chi connectivity index (χ1n) is 3.58. The molecule has 1 heteroatoms. The van der Waals surface area contributed by atoms with E-state index in [1.165, 1.54) is 25.0 Å². The maximum absolute atomic E-state index is 3.78. The highest BCUT2D eigenvalue weighted by Crippen LogP contribution is 2.05. The van der Waals surface area contributed by atoms with Crippen LogP contribution in [-0.2, 0) is 0 Å². The Morgan fingerprint density at radius 1 is 1.22 bits per heavy atom. The zero-order valence-electron chi connectivity index (χ0n) is 6.07. The first-order chi connectivity index (χ1) is 4.41. The van der Waals surface area contributed by atoms with Gasteiger partial charge >= 0.3 is 0 Å². The van der Waals surface area contributed by atoms with Crippen LogP contribution in [0, 0.1) is 13.8 Å². The van der Waals surface area contributed by atoms with E-state index >= 15 is 0 Å². The van der Waals surface area contributed by atoms with E-state index in [2.05, 4.69) is 13.8 Å². The van der Waals surface area contributed by atoms with Crippen molar-refractivity contribution in [1.29, 1.82) is 0 Å². The summed E-state index contributed by atoms with van der Waals surface area (Å²) in [6, 6.07) is 0. The highest BCUT2D eigenvalue weighted by molar-refractivity contribution is 7.99. The number of hydrogen-bond acceptors (Lipinski definition) is 1. The molecule has 0 radical (unpaired) electrons. The predicted octanol–water partition coefficient (Wildman–Crippen LogP) is 2.95. The van der Waals surface area contributed by atoms with Gasteiger partial charge in [-0.2, -0.15) is 6.42 Å². The van der Waals surface area contributed by atoms with E-state index in [-0.39, 0.29) is 0 Å². The maximum Gasteiger partial charge on any atom is 0.130 e. The summed E-state index contributed by atoms with van der Waals surface area (Å²) in [5.41, 5.74) is 0. The maximum atomic E-state index is 3.78. The zero-order valence-corrected chi connectivity index (χ0v) is 6.88. The Labute approximate surface area is 63.4 Å². The van der Waals surface area contributed by atoms with Crippen LogP contribution in [0.2, 0.25) is 0 Å². The highest BCUT2D eigenvalue weighted by Gasteiger charge is 1.86. The molecule has 0 bridgehead atoms. The summed E-state index contributed by atoms with van der Waals surface area (Å²) in [4.78, 5) is 0. The molecule has 0 heterocycles. The second-order valence-electron chi connectivity index (χ2n) is 2.03. The topological polar surface area (TPSA) is 0 Å². The van der Waals surface area contributed by atoms with Crippen molar-refractivity contribution in [2.24, 2.45) is 0 Å². The average Bonchev–Trinajstić information content (AvgIpc) is 1.89. The summed E-state index contributed by atoms with van der Waals surface area (Å²) in [5.74, 6) is 2.30. The molecular weight excluding hydrogens is 128 g/mol. The van der Waals surface area contributed by atoms with Gasteiger partial charge in [-0.25, -0.2) is 0 Å². The van der Waals surface area contributed by atoms with Crippen molar-refractivity contribution in [2.45, 2.75) is 25.7 Å². The summed E-state index contributed by atoms with van der Waals surface area (Å²) >= 11 is 1.93. The van der Waals surface area contributed by atoms with Crippen LogP contribution >= 0.6 is 11.8 Å². The SMILES string of the molecule is [CH2+]CSCCCCC[CH2-]. The van der Waals surface area contributed by atoms with Gasteiger partial charge in [0, 0.05) is 0 Å². The van der Waals surface area contributed by atoms with Gasteiger partial charge in [0.25, 0.3) is 0 Å². The predicted molar refractivity (Wildman–Crippen MR) is 46.5 cm³/mol. The minimum atomic E-state index is 1.02. The Balaban J connectivity index is 2.60. The van der Waals surface area contributed by atoms with Gasteiger partial charge in [0.2, 0.25) is 0 Å². The van der Waals surface area contributed by atoms with Crippen LogP contribution in [0.3, 0.4) is 0 Å². The van der Waals surface area contributed by atoms with E-state index in [0.29, 0.717) is 0 Å². The largest absolute Gasteiger partial charge is 0.343 e. The quantitative estimate of drug-likeness (QED) is 0.408. The molecule has 54 valence electrons.